The van der Waals surface area contributed by atoms with Crippen molar-refractivity contribution in [2.75, 3.05) is 0 Å². The van der Waals surface area contributed by atoms with Crippen LogP contribution in [0, 0.1) is 5.92 Å². The predicted molar refractivity (Wildman–Crippen MR) is 138 cm³/mol. The lowest BCUT2D eigenvalue weighted by atomic mass is 9.79. The van der Waals surface area contributed by atoms with Crippen LogP contribution < -0.4 is 11.1 Å². The third-order valence-corrected chi connectivity index (χ3v) is 7.52. The number of hydrogen-bond acceptors (Lipinski definition) is 4. The summed E-state index contributed by atoms with van der Waals surface area (Å²) in [6.07, 6.45) is 7.97. The average molecular weight is 525 g/mol. The number of hydrogen-bond donors (Lipinski definition) is 2. The highest BCUT2D eigenvalue weighted by atomic mass is 79.9. The highest BCUT2D eigenvalue weighted by Crippen LogP contribution is 2.41. The van der Waals surface area contributed by atoms with Gasteiger partial charge >= 0.3 is 0 Å². The molecule has 180 valence electrons. The Kier molecular flexibility index (Phi) is 7.71. The second-order valence-corrected chi connectivity index (χ2v) is 10.4. The van der Waals surface area contributed by atoms with E-state index in [1.165, 1.54) is 39.0 Å². The van der Waals surface area contributed by atoms with Crippen molar-refractivity contribution in [3.8, 4) is 0 Å². The maximum atomic E-state index is 13.9. The van der Waals surface area contributed by atoms with Gasteiger partial charge in [0, 0.05) is 17.9 Å². The highest BCUT2D eigenvalue weighted by Gasteiger charge is 2.49. The molecule has 1 aliphatic carbocycles. The Balaban J connectivity index is 1.55. The van der Waals surface area contributed by atoms with Gasteiger partial charge in [0.15, 0.2) is 11.5 Å². The smallest absolute Gasteiger partial charge is 0.262 e. The van der Waals surface area contributed by atoms with Crippen molar-refractivity contribution < 1.29 is 9.59 Å². The third-order valence-electron chi connectivity index (χ3n) is 7.03. The SMILES string of the molecule is CC(=O)NCc1ccc(CN2C(=O)C(CCC3CCCCC3)(c3cccc(Br)c3)N=C2N)cc1. The van der Waals surface area contributed by atoms with Crippen LogP contribution in [0.3, 0.4) is 0 Å². The first-order valence-corrected chi connectivity index (χ1v) is 12.9. The molecule has 0 radical (unpaired) electrons. The summed E-state index contributed by atoms with van der Waals surface area (Å²) >= 11 is 3.56. The molecule has 1 unspecified atom stereocenters. The van der Waals surface area contributed by atoms with Crippen LogP contribution in [0.1, 0.15) is 68.6 Å². The molecule has 1 heterocycles. The fourth-order valence-corrected chi connectivity index (χ4v) is 5.48. The van der Waals surface area contributed by atoms with Crippen LogP contribution in [0.15, 0.2) is 58.0 Å². The number of nitrogens with two attached hydrogens (primary N) is 1. The van der Waals surface area contributed by atoms with E-state index in [0.29, 0.717) is 25.4 Å². The van der Waals surface area contributed by atoms with Gasteiger partial charge in [-0.05, 0) is 47.6 Å². The number of benzene rings is 2. The molecule has 2 aromatic rings. The average Bonchev–Trinajstić information content (AvgIpc) is 3.08. The van der Waals surface area contributed by atoms with Crippen molar-refractivity contribution in [1.82, 2.24) is 10.2 Å². The van der Waals surface area contributed by atoms with Crippen molar-refractivity contribution in [2.45, 2.75) is 70.5 Å². The van der Waals surface area contributed by atoms with Crippen LogP contribution in [-0.2, 0) is 28.2 Å². The zero-order chi connectivity index (χ0) is 24.1. The maximum absolute atomic E-state index is 13.9. The maximum Gasteiger partial charge on any atom is 0.262 e. The molecule has 0 aromatic heterocycles. The lowest BCUT2D eigenvalue weighted by Gasteiger charge is -2.30. The molecular weight excluding hydrogens is 492 g/mol. The molecule has 0 bridgehead atoms. The number of amides is 2. The summed E-state index contributed by atoms with van der Waals surface area (Å²) in [6, 6.07) is 15.8. The van der Waals surface area contributed by atoms with E-state index in [1.54, 1.807) is 4.90 Å². The molecule has 2 aromatic carbocycles. The van der Waals surface area contributed by atoms with Crippen LogP contribution in [-0.4, -0.2) is 22.7 Å². The first-order chi connectivity index (χ1) is 16.4. The van der Waals surface area contributed by atoms with Gasteiger partial charge in [-0.25, -0.2) is 4.99 Å². The van der Waals surface area contributed by atoms with Gasteiger partial charge in [0.25, 0.3) is 5.91 Å². The number of carbonyl (C=O) groups excluding carboxylic acids is 2. The zero-order valence-electron chi connectivity index (χ0n) is 19.7. The molecule has 7 heteroatoms. The van der Waals surface area contributed by atoms with E-state index < -0.39 is 5.54 Å². The van der Waals surface area contributed by atoms with Gasteiger partial charge in [-0.1, -0.05) is 84.4 Å². The number of nitrogens with zero attached hydrogens (tertiary/aromatic N) is 2. The minimum absolute atomic E-state index is 0.0544. The monoisotopic (exact) mass is 524 g/mol. The summed E-state index contributed by atoms with van der Waals surface area (Å²) in [4.78, 5) is 31.6. The number of halogens is 1. The summed E-state index contributed by atoms with van der Waals surface area (Å²) in [7, 11) is 0. The van der Waals surface area contributed by atoms with E-state index >= 15 is 0 Å². The van der Waals surface area contributed by atoms with E-state index in [9.17, 15) is 9.59 Å². The summed E-state index contributed by atoms with van der Waals surface area (Å²) in [5.74, 6) is 0.803. The fraction of sp³-hybridized carbons (Fsp3) is 0.444. The summed E-state index contributed by atoms with van der Waals surface area (Å²) < 4.78 is 0.928. The van der Waals surface area contributed by atoms with Crippen molar-refractivity contribution in [2.24, 2.45) is 16.6 Å². The quantitative estimate of drug-likeness (QED) is 0.509. The molecule has 2 aliphatic rings. The largest absolute Gasteiger partial charge is 0.369 e. The Bertz CT molecular complexity index is 1060. The molecule has 0 spiro atoms. The van der Waals surface area contributed by atoms with Crippen molar-refractivity contribution in [3.63, 3.8) is 0 Å². The Morgan fingerprint density at radius 1 is 1.15 bits per heavy atom. The second kappa shape index (κ2) is 10.7. The Morgan fingerprint density at radius 2 is 1.85 bits per heavy atom. The molecule has 1 saturated carbocycles. The normalized spacial score (nSPS) is 20.9. The van der Waals surface area contributed by atoms with Crippen molar-refractivity contribution in [1.29, 1.82) is 0 Å². The molecule has 0 saturated heterocycles. The molecule has 1 atom stereocenters. The molecule has 2 amide bonds. The lowest BCUT2D eigenvalue weighted by Crippen LogP contribution is -2.42. The standard InChI is InChI=1S/C27H33BrN4O2/c1-19(33)30-17-21-10-12-22(13-11-21)18-32-25(34)27(31-26(32)29,23-8-5-9-24(28)16-23)15-14-20-6-3-2-4-7-20/h5,8-13,16,20H,2-4,6-7,14-15,17-18H2,1H3,(H2,29,31)(H,30,33). The second-order valence-electron chi connectivity index (χ2n) is 9.50. The fourth-order valence-electron chi connectivity index (χ4n) is 5.09. The first-order valence-electron chi connectivity index (χ1n) is 12.1. The summed E-state index contributed by atoms with van der Waals surface area (Å²) in [5.41, 5.74) is 8.27. The minimum Gasteiger partial charge on any atom is -0.369 e. The van der Waals surface area contributed by atoms with E-state index in [1.807, 2.05) is 48.5 Å². The van der Waals surface area contributed by atoms with Crippen molar-refractivity contribution >= 4 is 33.7 Å². The number of nitrogens with one attached hydrogen (secondary N) is 1. The lowest BCUT2D eigenvalue weighted by molar-refractivity contribution is -0.132. The van der Waals surface area contributed by atoms with E-state index in [-0.39, 0.29) is 17.8 Å². The Hall–Kier alpha value is -2.67. The van der Waals surface area contributed by atoms with E-state index in [0.717, 1.165) is 27.6 Å². The molecule has 6 nitrogen and oxygen atoms in total. The zero-order valence-corrected chi connectivity index (χ0v) is 21.3. The summed E-state index contributed by atoms with van der Waals surface area (Å²) in [6.45, 7) is 2.35. The van der Waals surface area contributed by atoms with Gasteiger partial charge in [0.1, 0.15) is 0 Å². The minimum atomic E-state index is -0.976. The van der Waals surface area contributed by atoms with Gasteiger partial charge in [-0.3, -0.25) is 14.5 Å². The predicted octanol–water partition coefficient (Wildman–Crippen LogP) is 5.00. The molecule has 34 heavy (non-hydrogen) atoms. The topological polar surface area (TPSA) is 87.8 Å². The van der Waals surface area contributed by atoms with Crippen LogP contribution in [0.4, 0.5) is 0 Å². The number of rotatable bonds is 8. The van der Waals surface area contributed by atoms with E-state index in [4.69, 9.17) is 10.7 Å². The van der Waals surface area contributed by atoms with Gasteiger partial charge in [0.2, 0.25) is 5.91 Å². The molecule has 3 N–H and O–H groups in total. The number of carbonyl (C=O) groups is 2. The number of guanidine groups is 1. The van der Waals surface area contributed by atoms with Gasteiger partial charge < -0.3 is 11.1 Å². The Labute approximate surface area is 210 Å². The highest BCUT2D eigenvalue weighted by molar-refractivity contribution is 9.10. The third kappa shape index (κ3) is 5.52. The number of aliphatic imine (C=N–C) groups is 1. The molecule has 1 fully saturated rings. The van der Waals surface area contributed by atoms with Gasteiger partial charge in [-0.2, -0.15) is 0 Å². The Morgan fingerprint density at radius 3 is 2.53 bits per heavy atom. The summed E-state index contributed by atoms with van der Waals surface area (Å²) in [5, 5.41) is 2.80. The van der Waals surface area contributed by atoms with Crippen molar-refractivity contribution in [3.05, 3.63) is 69.7 Å². The van der Waals surface area contributed by atoms with Crippen LogP contribution in [0.2, 0.25) is 0 Å². The van der Waals surface area contributed by atoms with Crippen LogP contribution >= 0.6 is 15.9 Å². The van der Waals surface area contributed by atoms with Gasteiger partial charge in [-0.15, -0.1) is 0 Å². The van der Waals surface area contributed by atoms with Crippen LogP contribution in [0.5, 0.6) is 0 Å². The molecule has 1 aliphatic heterocycles. The first kappa shape index (κ1) is 24.5. The molecular formula is C27H33BrN4O2. The van der Waals surface area contributed by atoms with Crippen LogP contribution in [0.25, 0.3) is 0 Å². The molecule has 4 rings (SSSR count). The van der Waals surface area contributed by atoms with Gasteiger partial charge in [0.05, 0.1) is 6.54 Å². The van der Waals surface area contributed by atoms with E-state index in [2.05, 4.69) is 21.2 Å².